The molecule has 198 valence electrons. The van der Waals surface area contributed by atoms with Crippen LogP contribution in [-0.2, 0) is 4.79 Å². The number of hydrogen-bond donors (Lipinski definition) is 3. The van der Waals surface area contributed by atoms with E-state index in [1.165, 1.54) is 11.3 Å². The zero-order valence-corrected chi connectivity index (χ0v) is 22.9. The summed E-state index contributed by atoms with van der Waals surface area (Å²) in [7, 11) is 1.63. The number of fused-ring (bicyclic) bond motifs is 1. The number of imidazole rings is 1. The second kappa shape index (κ2) is 11.1. The number of thiazole rings is 1. The van der Waals surface area contributed by atoms with E-state index in [2.05, 4.69) is 20.9 Å². The van der Waals surface area contributed by atoms with E-state index in [-0.39, 0.29) is 30.8 Å². The monoisotopic (exact) mass is 533 g/mol. The third-order valence-electron chi connectivity index (χ3n) is 5.93. The predicted octanol–water partition coefficient (Wildman–Crippen LogP) is 4.52. The Balaban J connectivity index is 1.28. The second-order valence-electron chi connectivity index (χ2n) is 9.82. The maximum absolute atomic E-state index is 12.8. The smallest absolute Gasteiger partial charge is 0.263 e. The summed E-state index contributed by atoms with van der Waals surface area (Å²) in [4.78, 5) is 43.3. The maximum Gasteiger partial charge on any atom is 0.263 e. The SMILES string of the molecule is COc1ccc(-c2cn3c(C)c(C(=O)NCCNC(=O)c4ccc(NC(=O)C(C)(C)C)cc4)sc3n2)cc1. The van der Waals surface area contributed by atoms with Crippen LogP contribution in [0.25, 0.3) is 16.2 Å². The number of aromatic nitrogens is 2. The molecule has 2 aromatic heterocycles. The van der Waals surface area contributed by atoms with Crippen molar-refractivity contribution in [3.05, 3.63) is 70.9 Å². The predicted molar refractivity (Wildman–Crippen MR) is 149 cm³/mol. The molecule has 0 fully saturated rings. The Hall–Kier alpha value is -4.18. The number of nitrogens with zero attached hydrogens (tertiary/aromatic N) is 2. The lowest BCUT2D eigenvalue weighted by molar-refractivity contribution is -0.123. The zero-order valence-electron chi connectivity index (χ0n) is 22.0. The molecule has 2 aromatic carbocycles. The lowest BCUT2D eigenvalue weighted by Gasteiger charge is -2.17. The number of methoxy groups -OCH3 is 1. The van der Waals surface area contributed by atoms with Gasteiger partial charge in [0.1, 0.15) is 10.6 Å². The summed E-state index contributed by atoms with van der Waals surface area (Å²) >= 11 is 1.32. The number of rotatable bonds is 8. The summed E-state index contributed by atoms with van der Waals surface area (Å²) in [6.45, 7) is 7.94. The van der Waals surface area contributed by atoms with Crippen molar-refractivity contribution in [2.45, 2.75) is 27.7 Å². The Labute approximate surface area is 225 Å². The number of carbonyl (C=O) groups excluding carboxylic acids is 3. The molecule has 3 N–H and O–H groups in total. The van der Waals surface area contributed by atoms with Gasteiger partial charge in [-0.05, 0) is 55.5 Å². The number of nitrogens with one attached hydrogen (secondary N) is 3. The molecule has 2 heterocycles. The number of hydrogen-bond acceptors (Lipinski definition) is 6. The Bertz CT molecular complexity index is 1460. The van der Waals surface area contributed by atoms with Crippen molar-refractivity contribution >= 4 is 39.7 Å². The highest BCUT2D eigenvalue weighted by Crippen LogP contribution is 2.28. The average molecular weight is 534 g/mol. The van der Waals surface area contributed by atoms with Gasteiger partial charge in [-0.1, -0.05) is 32.1 Å². The average Bonchev–Trinajstić information content (AvgIpc) is 3.45. The van der Waals surface area contributed by atoms with E-state index >= 15 is 0 Å². The molecule has 0 saturated carbocycles. The number of amides is 3. The number of carbonyl (C=O) groups is 3. The van der Waals surface area contributed by atoms with Crippen LogP contribution in [0.5, 0.6) is 5.75 Å². The molecule has 0 bridgehead atoms. The first-order valence-corrected chi connectivity index (χ1v) is 13.0. The van der Waals surface area contributed by atoms with Crippen LogP contribution in [0.2, 0.25) is 0 Å². The van der Waals surface area contributed by atoms with Crippen molar-refractivity contribution in [2.24, 2.45) is 5.41 Å². The molecule has 0 aliphatic heterocycles. The molecule has 0 aliphatic rings. The second-order valence-corrected chi connectivity index (χ2v) is 10.8. The van der Waals surface area contributed by atoms with E-state index < -0.39 is 5.41 Å². The summed E-state index contributed by atoms with van der Waals surface area (Å²) in [5.74, 6) is 0.208. The van der Waals surface area contributed by atoms with Crippen molar-refractivity contribution in [3.63, 3.8) is 0 Å². The molecule has 0 atom stereocenters. The topological polar surface area (TPSA) is 114 Å². The van der Waals surface area contributed by atoms with Gasteiger partial charge in [-0.15, -0.1) is 0 Å². The molecular weight excluding hydrogens is 502 g/mol. The fourth-order valence-electron chi connectivity index (χ4n) is 3.62. The molecule has 9 nitrogen and oxygen atoms in total. The van der Waals surface area contributed by atoms with Gasteiger partial charge < -0.3 is 20.7 Å². The van der Waals surface area contributed by atoms with Gasteiger partial charge in [-0.25, -0.2) is 4.98 Å². The zero-order chi connectivity index (χ0) is 27.4. The van der Waals surface area contributed by atoms with Crippen molar-refractivity contribution in [3.8, 4) is 17.0 Å². The molecule has 0 radical (unpaired) electrons. The lowest BCUT2D eigenvalue weighted by Crippen LogP contribution is -2.34. The van der Waals surface area contributed by atoms with E-state index in [0.717, 1.165) is 27.7 Å². The first-order chi connectivity index (χ1) is 18.1. The Kier molecular flexibility index (Phi) is 7.82. The molecule has 4 aromatic rings. The third kappa shape index (κ3) is 6.03. The first-order valence-electron chi connectivity index (χ1n) is 12.2. The van der Waals surface area contributed by atoms with Crippen molar-refractivity contribution < 1.29 is 19.1 Å². The van der Waals surface area contributed by atoms with Gasteiger partial charge in [0, 0.05) is 47.2 Å². The fourth-order valence-corrected chi connectivity index (χ4v) is 4.65. The van der Waals surface area contributed by atoms with Gasteiger partial charge in [-0.2, -0.15) is 0 Å². The minimum Gasteiger partial charge on any atom is -0.497 e. The standard InChI is InChI=1S/C28H31N5O4S/c1-17-23(38-27-32-22(16-33(17)27)18-8-12-21(37-5)13-9-18)25(35)30-15-14-29-24(34)19-6-10-20(11-7-19)31-26(36)28(2,3)4/h6-13,16H,14-15H2,1-5H3,(H,29,34)(H,30,35)(H,31,36). The Morgan fingerprint density at radius 1 is 0.947 bits per heavy atom. The van der Waals surface area contributed by atoms with Gasteiger partial charge in [0.2, 0.25) is 5.91 Å². The van der Waals surface area contributed by atoms with E-state index in [9.17, 15) is 14.4 Å². The van der Waals surface area contributed by atoms with Crippen LogP contribution in [-0.4, -0.2) is 47.3 Å². The Morgan fingerprint density at radius 2 is 1.58 bits per heavy atom. The van der Waals surface area contributed by atoms with Gasteiger partial charge >= 0.3 is 0 Å². The van der Waals surface area contributed by atoms with Crippen LogP contribution in [0.3, 0.4) is 0 Å². The van der Waals surface area contributed by atoms with Crippen molar-refractivity contribution in [2.75, 3.05) is 25.5 Å². The number of ether oxygens (including phenoxy) is 1. The normalized spacial score (nSPS) is 11.3. The molecule has 0 spiro atoms. The fraction of sp³-hybridized carbons (Fsp3) is 0.286. The van der Waals surface area contributed by atoms with Gasteiger partial charge in [-0.3, -0.25) is 18.8 Å². The van der Waals surface area contributed by atoms with Crippen LogP contribution >= 0.6 is 11.3 Å². The minimum absolute atomic E-state index is 0.0996. The van der Waals surface area contributed by atoms with E-state index in [4.69, 9.17) is 4.74 Å². The first kappa shape index (κ1) is 26.9. The summed E-state index contributed by atoms with van der Waals surface area (Å²) in [5.41, 5.74) is 3.17. The number of aryl methyl sites for hydroxylation is 1. The van der Waals surface area contributed by atoms with Crippen molar-refractivity contribution in [1.29, 1.82) is 0 Å². The molecule has 38 heavy (non-hydrogen) atoms. The van der Waals surface area contributed by atoms with E-state index in [1.54, 1.807) is 31.4 Å². The molecule has 3 amide bonds. The largest absolute Gasteiger partial charge is 0.497 e. The molecule has 0 aliphatic carbocycles. The molecule has 4 rings (SSSR count). The highest BCUT2D eigenvalue weighted by Gasteiger charge is 2.21. The van der Waals surface area contributed by atoms with Crippen molar-refractivity contribution in [1.82, 2.24) is 20.0 Å². The maximum atomic E-state index is 12.8. The van der Waals surface area contributed by atoms with Crippen LogP contribution in [0, 0.1) is 12.3 Å². The highest BCUT2D eigenvalue weighted by molar-refractivity contribution is 7.19. The number of anilines is 1. The molecule has 0 unspecified atom stereocenters. The third-order valence-corrected chi connectivity index (χ3v) is 7.09. The highest BCUT2D eigenvalue weighted by atomic mass is 32.1. The molecule has 0 saturated heterocycles. The summed E-state index contributed by atoms with van der Waals surface area (Å²) in [6, 6.07) is 14.3. The van der Waals surface area contributed by atoms with E-state index in [0.29, 0.717) is 16.1 Å². The van der Waals surface area contributed by atoms with Gasteiger partial charge in [0.05, 0.1) is 12.8 Å². The van der Waals surface area contributed by atoms with Crippen LogP contribution in [0.4, 0.5) is 5.69 Å². The minimum atomic E-state index is -0.507. The lowest BCUT2D eigenvalue weighted by atomic mass is 9.95. The van der Waals surface area contributed by atoms with Gasteiger partial charge in [0.25, 0.3) is 11.8 Å². The van der Waals surface area contributed by atoms with Crippen LogP contribution < -0.4 is 20.7 Å². The number of benzene rings is 2. The molecular formula is C28H31N5O4S. The summed E-state index contributed by atoms with van der Waals surface area (Å²) in [5, 5.41) is 8.48. The quantitative estimate of drug-likeness (QED) is 0.288. The molecule has 10 heteroatoms. The summed E-state index contributed by atoms with van der Waals surface area (Å²) in [6.07, 6.45) is 1.92. The van der Waals surface area contributed by atoms with Gasteiger partial charge in [0.15, 0.2) is 4.96 Å². The van der Waals surface area contributed by atoms with E-state index in [1.807, 2.05) is 62.6 Å². The van der Waals surface area contributed by atoms with Crippen LogP contribution in [0.1, 0.15) is 46.5 Å². The Morgan fingerprint density at radius 3 is 2.16 bits per heavy atom. The van der Waals surface area contributed by atoms with Crippen LogP contribution in [0.15, 0.2) is 54.7 Å². The summed E-state index contributed by atoms with van der Waals surface area (Å²) < 4.78 is 7.12.